The predicted molar refractivity (Wildman–Crippen MR) is 430 cm³/mol. The SMILES string of the molecule is CC(C)(C)OC(=O)NOCC(=O)NCC(CNC(=O)OCC1c2ccccc2-c2ccccc21)CC(=O)O.O=C(NCC(CNC(=O)OCC1c2ccccc2-c2ccccc21)C(=O)O)OCC1c2ccccc2-c2ccccc21.O=C(O)CN1C(=O)C=CC1=O.O=C(O)COCCOCCNC(=O)OCC1c2ccccc2-c2ccccc21. The van der Waals surface area contributed by atoms with E-state index in [1.807, 2.05) is 151 Å². The van der Waals surface area contributed by atoms with E-state index in [-0.39, 0.29) is 103 Å². The van der Waals surface area contributed by atoms with Crippen molar-refractivity contribution >= 4 is 72.1 Å². The molecule has 13 rings (SSSR count). The molecule has 0 bridgehead atoms. The number of carbonyl (C=O) groups excluding carboxylic acids is 8. The molecular formula is C88H91N7O24. The Labute approximate surface area is 684 Å². The summed E-state index contributed by atoms with van der Waals surface area (Å²) in [6.07, 6.45) is -1.65. The van der Waals surface area contributed by atoms with Crippen LogP contribution in [0.1, 0.15) is 95.4 Å². The molecule has 8 aromatic rings. The van der Waals surface area contributed by atoms with Gasteiger partial charge in [-0.25, -0.2) is 28.8 Å². The first-order valence-electron chi connectivity index (χ1n) is 38.1. The highest BCUT2D eigenvalue weighted by Crippen LogP contribution is 2.48. The Morgan fingerprint density at radius 3 is 1.02 bits per heavy atom. The van der Waals surface area contributed by atoms with Crippen molar-refractivity contribution < 1.29 is 116 Å². The number of hydrogen-bond acceptors (Lipinski definition) is 20. The van der Waals surface area contributed by atoms with Crippen LogP contribution in [0.3, 0.4) is 0 Å². The minimum absolute atomic E-state index is 0.0275. The number of amides is 8. The van der Waals surface area contributed by atoms with Crippen LogP contribution in [0, 0.1) is 11.8 Å². The quantitative estimate of drug-likeness (QED) is 0.00810. The fourth-order valence-electron chi connectivity index (χ4n) is 14.0. The van der Waals surface area contributed by atoms with Crippen molar-refractivity contribution in [3.8, 4) is 44.5 Å². The molecular weight excluding hydrogens is 1540 g/mol. The second-order valence-electron chi connectivity index (χ2n) is 28.6. The van der Waals surface area contributed by atoms with Crippen LogP contribution >= 0.6 is 0 Å². The van der Waals surface area contributed by atoms with Crippen LogP contribution in [-0.4, -0.2) is 202 Å². The molecule has 0 fully saturated rings. The zero-order chi connectivity index (χ0) is 85.0. The number of imide groups is 1. The molecule has 1 atom stereocenters. The van der Waals surface area contributed by atoms with Gasteiger partial charge < -0.3 is 80.2 Å². The number of carboxylic acid groups (broad SMARTS) is 4. The molecule has 119 heavy (non-hydrogen) atoms. The lowest BCUT2D eigenvalue weighted by Gasteiger charge is -2.19. The van der Waals surface area contributed by atoms with Gasteiger partial charge in [0.05, 0.1) is 32.2 Å². The molecule has 4 aliphatic carbocycles. The number of benzene rings is 8. The molecule has 1 heterocycles. The average molecular weight is 1630 g/mol. The first-order chi connectivity index (χ1) is 57.3. The number of hydroxylamine groups is 1. The Bertz CT molecular complexity index is 4710. The average Bonchev–Trinajstić information content (AvgIpc) is 1.64. The van der Waals surface area contributed by atoms with Crippen molar-refractivity contribution in [3.05, 3.63) is 251 Å². The number of carboxylic acids is 4. The van der Waals surface area contributed by atoms with Gasteiger partial charge in [-0.05, 0) is 110 Å². The maximum Gasteiger partial charge on any atom is 0.431 e. The summed E-state index contributed by atoms with van der Waals surface area (Å²) in [5, 5.41) is 48.3. The van der Waals surface area contributed by atoms with Gasteiger partial charge in [-0.2, -0.15) is 5.48 Å². The first-order valence-corrected chi connectivity index (χ1v) is 38.1. The van der Waals surface area contributed by atoms with Crippen molar-refractivity contribution in [2.45, 2.75) is 56.5 Å². The summed E-state index contributed by atoms with van der Waals surface area (Å²) in [5.74, 6) is -8.13. The third kappa shape index (κ3) is 24.9. The molecule has 31 heteroatoms. The van der Waals surface area contributed by atoms with E-state index >= 15 is 0 Å². The third-order valence-electron chi connectivity index (χ3n) is 19.4. The molecule has 1 aliphatic heterocycles. The van der Waals surface area contributed by atoms with Crippen LogP contribution in [0.2, 0.25) is 0 Å². The molecule has 622 valence electrons. The number of nitrogens with one attached hydrogen (secondary N) is 6. The molecule has 0 aromatic heterocycles. The van der Waals surface area contributed by atoms with Crippen LogP contribution in [0.25, 0.3) is 44.5 Å². The normalized spacial score (nSPS) is 13.2. The monoisotopic (exact) mass is 1630 g/mol. The van der Waals surface area contributed by atoms with E-state index in [1.165, 1.54) is 22.3 Å². The molecule has 5 aliphatic rings. The van der Waals surface area contributed by atoms with Gasteiger partial charge in [0, 0.05) is 74.5 Å². The van der Waals surface area contributed by atoms with Gasteiger partial charge in [0.25, 0.3) is 11.8 Å². The fraction of sp³-hybridized carbons (Fsp3) is 0.295. The van der Waals surface area contributed by atoms with Gasteiger partial charge in [0.15, 0.2) is 6.61 Å². The minimum atomic E-state index is -1.20. The second-order valence-corrected chi connectivity index (χ2v) is 28.6. The Balaban J connectivity index is 0.000000179. The number of carbonyl (C=O) groups is 12. The Morgan fingerprint density at radius 1 is 0.378 bits per heavy atom. The molecule has 31 nitrogen and oxygen atoms in total. The van der Waals surface area contributed by atoms with Crippen molar-refractivity contribution in [2.75, 3.05) is 98.7 Å². The van der Waals surface area contributed by atoms with E-state index < -0.39 is 103 Å². The van der Waals surface area contributed by atoms with Crippen LogP contribution < -0.4 is 32.1 Å². The molecule has 8 amide bonds. The van der Waals surface area contributed by atoms with Crippen LogP contribution in [0.15, 0.2) is 206 Å². The van der Waals surface area contributed by atoms with Crippen molar-refractivity contribution in [1.82, 2.24) is 37.0 Å². The van der Waals surface area contributed by atoms with Gasteiger partial charge >= 0.3 is 54.3 Å². The Morgan fingerprint density at radius 2 is 0.697 bits per heavy atom. The lowest BCUT2D eigenvalue weighted by Crippen LogP contribution is -2.41. The first kappa shape index (κ1) is 87.6. The van der Waals surface area contributed by atoms with Crippen LogP contribution in [-0.2, 0) is 71.6 Å². The predicted octanol–water partition coefficient (Wildman–Crippen LogP) is 10.6. The zero-order valence-electron chi connectivity index (χ0n) is 65.3. The summed E-state index contributed by atoms with van der Waals surface area (Å²) >= 11 is 0. The summed E-state index contributed by atoms with van der Waals surface area (Å²) in [7, 11) is 0. The van der Waals surface area contributed by atoms with Crippen molar-refractivity contribution in [3.63, 3.8) is 0 Å². The van der Waals surface area contributed by atoms with Gasteiger partial charge in [-0.1, -0.05) is 194 Å². The maximum absolute atomic E-state index is 12.5. The van der Waals surface area contributed by atoms with Gasteiger partial charge in [0.1, 0.15) is 45.2 Å². The molecule has 0 radical (unpaired) electrons. The Kier molecular flexibility index (Phi) is 31.4. The Hall–Kier alpha value is -13.8. The number of hydrogen-bond donors (Lipinski definition) is 10. The second kappa shape index (κ2) is 42.7. The summed E-state index contributed by atoms with van der Waals surface area (Å²) in [6.45, 7) is 4.82. The number of ether oxygens (including phenoxy) is 7. The smallest absolute Gasteiger partial charge is 0.431 e. The molecule has 10 N–H and O–H groups in total. The maximum atomic E-state index is 12.5. The largest absolute Gasteiger partial charge is 0.481 e. The highest BCUT2D eigenvalue weighted by molar-refractivity contribution is 6.14. The molecule has 0 spiro atoms. The summed E-state index contributed by atoms with van der Waals surface area (Å²) < 4.78 is 36.9. The van der Waals surface area contributed by atoms with E-state index in [4.69, 9.17) is 48.2 Å². The van der Waals surface area contributed by atoms with E-state index in [0.717, 1.165) is 78.9 Å². The lowest BCUT2D eigenvalue weighted by atomic mass is 9.98. The number of nitrogens with zero attached hydrogens (tertiary/aromatic N) is 1. The van der Waals surface area contributed by atoms with E-state index in [1.54, 1.807) is 20.8 Å². The zero-order valence-corrected chi connectivity index (χ0v) is 65.3. The van der Waals surface area contributed by atoms with Crippen LogP contribution in [0.4, 0.5) is 24.0 Å². The summed E-state index contributed by atoms with van der Waals surface area (Å²) in [4.78, 5) is 143. The number of rotatable bonds is 32. The highest BCUT2D eigenvalue weighted by atomic mass is 16.7. The molecule has 0 saturated carbocycles. The van der Waals surface area contributed by atoms with E-state index in [9.17, 15) is 67.7 Å². The number of aliphatic carboxylic acids is 4. The standard InChI is InChI=1S/C34H30N2O6.C27H33N3O8.C21H23NO6.C6H5NO4/c37-32(38)21(17-35-33(39)41-19-30-26-13-5-1-9-22(26)23-10-2-6-14-27(23)30)18-36-34(40)42-20-31-28-15-7-3-11-24(28)25-12-4-8-16-29(25)31;1-27(2,3)38-26(35)30-37-16-23(31)28-13-17(12-24(32)33)14-29-25(34)36-15-22-20-10-6-4-8-18(20)19-9-5-7-11-21(19)22;23-20(24)14-27-12-11-26-10-9-22-21(25)28-13-19-17-7-3-1-5-15(17)16-6-2-4-8-18(16)19;8-4-1-2-5(9)7(4)3-6(10)11/h1-16,21,30-31H,17-20H2,(H,35,39)(H,36,40)(H,37,38);4-11,17,22H,12-16H2,1-3H3,(H,28,31)(H,29,34)(H,30,35)(H,32,33);1-8,19H,9-14H2,(H,22,25)(H,23,24);1-2H,3H2,(H,10,11). The molecule has 0 saturated heterocycles. The summed E-state index contributed by atoms with van der Waals surface area (Å²) in [5.41, 5.74) is 19.2. The van der Waals surface area contributed by atoms with E-state index in [2.05, 4.69) is 75.1 Å². The van der Waals surface area contributed by atoms with Crippen LogP contribution in [0.5, 0.6) is 0 Å². The van der Waals surface area contributed by atoms with E-state index in [0.29, 0.717) is 18.1 Å². The third-order valence-corrected chi connectivity index (χ3v) is 19.4. The lowest BCUT2D eigenvalue weighted by molar-refractivity contribution is -0.147. The highest BCUT2D eigenvalue weighted by Gasteiger charge is 2.35. The van der Waals surface area contributed by atoms with Gasteiger partial charge in [0.2, 0.25) is 5.91 Å². The minimum Gasteiger partial charge on any atom is -0.481 e. The number of alkyl carbamates (subject to hydrolysis) is 4. The topological polar surface area (TPSA) is 435 Å². The van der Waals surface area contributed by atoms with Gasteiger partial charge in [-0.3, -0.25) is 38.5 Å². The van der Waals surface area contributed by atoms with Gasteiger partial charge in [-0.15, -0.1) is 0 Å². The fourth-order valence-corrected chi connectivity index (χ4v) is 14.0. The molecule has 8 aromatic carbocycles. The molecule has 1 unspecified atom stereocenters. The summed E-state index contributed by atoms with van der Waals surface area (Å²) in [6, 6.07) is 64.3. The number of fused-ring (bicyclic) bond motifs is 12. The van der Waals surface area contributed by atoms with Crippen molar-refractivity contribution in [2.24, 2.45) is 11.8 Å². The van der Waals surface area contributed by atoms with Crippen molar-refractivity contribution in [1.29, 1.82) is 0 Å².